The zero-order valence-electron chi connectivity index (χ0n) is 11.8. The van der Waals surface area contributed by atoms with E-state index in [4.69, 9.17) is 0 Å². The smallest absolute Gasteiger partial charge is 0.329 e. The van der Waals surface area contributed by atoms with Crippen molar-refractivity contribution >= 4 is 29.7 Å². The number of nitro benzene ring substituents is 1. The van der Waals surface area contributed by atoms with Crippen molar-refractivity contribution in [3.63, 3.8) is 0 Å². The van der Waals surface area contributed by atoms with Gasteiger partial charge in [-0.3, -0.25) is 19.7 Å². The molecule has 2 N–H and O–H groups in total. The lowest BCUT2D eigenvalue weighted by molar-refractivity contribution is -0.384. The van der Waals surface area contributed by atoms with Crippen molar-refractivity contribution in [2.24, 2.45) is 0 Å². The number of phenols is 1. The minimum absolute atomic E-state index is 0.0252. The molecule has 0 radical (unpaired) electrons. The topological polar surface area (TPSA) is 139 Å². The summed E-state index contributed by atoms with van der Waals surface area (Å²) in [5, 5.41) is 22.6. The minimum atomic E-state index is -0.837. The number of nitrogens with zero attached hydrogens (tertiary/aromatic N) is 2. The molecular weight excluding hydrogens is 310 g/mol. The quantitative estimate of drug-likeness (QED) is 0.268. The molecular formula is C13H11N3O7. The van der Waals surface area contributed by atoms with Crippen LogP contribution in [0.4, 0.5) is 10.5 Å². The van der Waals surface area contributed by atoms with E-state index in [0.29, 0.717) is 4.90 Å². The first kappa shape index (κ1) is 15.9. The fourth-order valence-electron chi connectivity index (χ4n) is 1.84. The monoisotopic (exact) mass is 321 g/mol. The van der Waals surface area contributed by atoms with Gasteiger partial charge in [0.2, 0.25) is 0 Å². The number of carbonyl (C=O) groups excluding carboxylic acids is 3. The van der Waals surface area contributed by atoms with Crippen LogP contribution in [0.25, 0.3) is 6.08 Å². The maximum absolute atomic E-state index is 12.1. The molecule has 1 aromatic rings. The molecule has 3 amide bonds. The molecule has 1 fully saturated rings. The van der Waals surface area contributed by atoms with E-state index in [1.807, 2.05) is 0 Å². The molecule has 1 saturated heterocycles. The Morgan fingerprint density at radius 1 is 1.48 bits per heavy atom. The second-order valence-electron chi connectivity index (χ2n) is 4.46. The van der Waals surface area contributed by atoms with Gasteiger partial charge in [0.1, 0.15) is 18.0 Å². The summed E-state index contributed by atoms with van der Waals surface area (Å²) in [7, 11) is 1.11. The molecule has 1 aromatic carbocycles. The Morgan fingerprint density at radius 2 is 2.17 bits per heavy atom. The number of urea groups is 1. The summed E-state index contributed by atoms with van der Waals surface area (Å²) < 4.78 is 4.38. The van der Waals surface area contributed by atoms with Crippen LogP contribution in [0.15, 0.2) is 23.9 Å². The second-order valence-corrected chi connectivity index (χ2v) is 4.46. The summed E-state index contributed by atoms with van der Waals surface area (Å²) in [5.74, 6) is -1.91. The van der Waals surface area contributed by atoms with Crippen LogP contribution in [0, 0.1) is 10.1 Å². The van der Waals surface area contributed by atoms with E-state index in [2.05, 4.69) is 10.1 Å². The van der Waals surface area contributed by atoms with Crippen LogP contribution < -0.4 is 5.32 Å². The van der Waals surface area contributed by atoms with Crippen molar-refractivity contribution in [2.75, 3.05) is 13.7 Å². The number of hydrogen-bond acceptors (Lipinski definition) is 7. The number of benzene rings is 1. The maximum atomic E-state index is 12.1. The summed E-state index contributed by atoms with van der Waals surface area (Å²) in [5.41, 5.74) is -0.546. The molecule has 0 spiro atoms. The number of carbonyl (C=O) groups is 3. The number of rotatable bonds is 4. The molecule has 1 aliphatic rings. The maximum Gasteiger partial charge on any atom is 0.329 e. The summed E-state index contributed by atoms with van der Waals surface area (Å²) >= 11 is 0. The van der Waals surface area contributed by atoms with Crippen LogP contribution >= 0.6 is 0 Å². The highest BCUT2D eigenvalue weighted by molar-refractivity contribution is 6.15. The highest BCUT2D eigenvalue weighted by atomic mass is 16.6. The number of esters is 1. The van der Waals surface area contributed by atoms with Crippen molar-refractivity contribution in [2.45, 2.75) is 0 Å². The molecule has 10 heteroatoms. The lowest BCUT2D eigenvalue weighted by Crippen LogP contribution is -2.36. The molecule has 1 aliphatic heterocycles. The fourth-order valence-corrected chi connectivity index (χ4v) is 1.84. The summed E-state index contributed by atoms with van der Waals surface area (Å²) in [6.07, 6.45) is 1.08. The number of methoxy groups -OCH3 is 1. The first-order chi connectivity index (χ1) is 10.8. The lowest BCUT2D eigenvalue weighted by Gasteiger charge is -2.09. The Hall–Kier alpha value is -3.43. The van der Waals surface area contributed by atoms with E-state index >= 15 is 0 Å². The number of non-ortho nitro benzene ring substituents is 1. The zero-order valence-corrected chi connectivity index (χ0v) is 11.8. The summed E-state index contributed by atoms with van der Waals surface area (Å²) in [6, 6.07) is 2.40. The molecule has 0 saturated carbocycles. The third-order valence-electron chi connectivity index (χ3n) is 3.00. The average molecular weight is 321 g/mol. The predicted octanol–water partition coefficient (Wildman–Crippen LogP) is 0.366. The standard InChI is InChI=1S/C13H11N3O7/c1-23-11(18)6-15-12(19)9(14-13(15)20)5-7-4-8(16(21)22)2-3-10(7)17/h2-5,17H,6H2,1H3,(H,14,20)/b9-5+. The Balaban J connectivity index is 2.32. The van der Waals surface area contributed by atoms with Gasteiger partial charge in [-0.05, 0) is 12.1 Å². The first-order valence-electron chi connectivity index (χ1n) is 6.22. The third-order valence-corrected chi connectivity index (χ3v) is 3.00. The van der Waals surface area contributed by atoms with E-state index in [-0.39, 0.29) is 22.7 Å². The van der Waals surface area contributed by atoms with Crippen molar-refractivity contribution in [3.05, 3.63) is 39.6 Å². The van der Waals surface area contributed by atoms with Gasteiger partial charge in [-0.25, -0.2) is 9.69 Å². The molecule has 0 aromatic heterocycles. The van der Waals surface area contributed by atoms with Crippen LogP contribution in [-0.4, -0.2) is 46.5 Å². The SMILES string of the molecule is COC(=O)CN1C(=O)N/C(=C/c2cc([N+](=O)[O-])ccc2O)C1=O. The van der Waals surface area contributed by atoms with Crippen LogP contribution in [-0.2, 0) is 14.3 Å². The molecule has 0 bridgehead atoms. The molecule has 0 atom stereocenters. The van der Waals surface area contributed by atoms with Crippen LogP contribution in [0.1, 0.15) is 5.56 Å². The molecule has 0 unspecified atom stereocenters. The zero-order chi connectivity index (χ0) is 17.1. The number of amides is 3. The van der Waals surface area contributed by atoms with Gasteiger partial charge < -0.3 is 15.2 Å². The van der Waals surface area contributed by atoms with Gasteiger partial charge in [0.25, 0.3) is 11.6 Å². The molecule has 1 heterocycles. The van der Waals surface area contributed by atoms with Crippen LogP contribution in [0.5, 0.6) is 5.75 Å². The normalized spacial score (nSPS) is 15.7. The lowest BCUT2D eigenvalue weighted by atomic mass is 10.1. The number of imide groups is 1. The largest absolute Gasteiger partial charge is 0.507 e. The Kier molecular flexibility index (Phi) is 4.25. The number of aromatic hydroxyl groups is 1. The molecule has 120 valence electrons. The summed E-state index contributed by atoms with van der Waals surface area (Å²) in [4.78, 5) is 45.6. The van der Waals surface area contributed by atoms with Gasteiger partial charge in [-0.15, -0.1) is 0 Å². The molecule has 0 aliphatic carbocycles. The predicted molar refractivity (Wildman–Crippen MR) is 75.0 cm³/mol. The third kappa shape index (κ3) is 3.26. The van der Waals surface area contributed by atoms with E-state index in [1.165, 1.54) is 0 Å². The molecule has 2 rings (SSSR count). The van der Waals surface area contributed by atoms with Crippen molar-refractivity contribution in [3.8, 4) is 5.75 Å². The average Bonchev–Trinajstić information content (AvgIpc) is 2.76. The number of ether oxygens (including phenoxy) is 1. The van der Waals surface area contributed by atoms with Gasteiger partial charge in [0.15, 0.2) is 0 Å². The Labute approximate surface area is 129 Å². The van der Waals surface area contributed by atoms with Gasteiger partial charge in [0, 0.05) is 17.7 Å². The van der Waals surface area contributed by atoms with Crippen molar-refractivity contribution in [1.82, 2.24) is 10.2 Å². The van der Waals surface area contributed by atoms with Crippen molar-refractivity contribution in [1.29, 1.82) is 0 Å². The summed E-state index contributed by atoms with van der Waals surface area (Å²) in [6.45, 7) is -0.570. The van der Waals surface area contributed by atoms with E-state index in [0.717, 1.165) is 31.4 Å². The number of nitrogens with one attached hydrogen (secondary N) is 1. The Morgan fingerprint density at radius 3 is 2.78 bits per heavy atom. The van der Waals surface area contributed by atoms with E-state index in [1.54, 1.807) is 0 Å². The van der Waals surface area contributed by atoms with Crippen LogP contribution in [0.2, 0.25) is 0 Å². The second kappa shape index (κ2) is 6.13. The van der Waals surface area contributed by atoms with E-state index < -0.39 is 29.4 Å². The highest BCUT2D eigenvalue weighted by Crippen LogP contribution is 2.26. The number of nitro groups is 1. The van der Waals surface area contributed by atoms with Gasteiger partial charge in [-0.2, -0.15) is 0 Å². The fraction of sp³-hybridized carbons (Fsp3) is 0.154. The van der Waals surface area contributed by atoms with Crippen LogP contribution in [0.3, 0.4) is 0 Å². The van der Waals surface area contributed by atoms with Gasteiger partial charge in [0.05, 0.1) is 12.0 Å². The van der Waals surface area contributed by atoms with Gasteiger partial charge >= 0.3 is 12.0 Å². The first-order valence-corrected chi connectivity index (χ1v) is 6.22. The Bertz CT molecular complexity index is 741. The number of phenolic OH excluding ortho intramolecular Hbond substituents is 1. The van der Waals surface area contributed by atoms with E-state index in [9.17, 15) is 29.6 Å². The van der Waals surface area contributed by atoms with Gasteiger partial charge in [-0.1, -0.05) is 0 Å². The molecule has 10 nitrogen and oxygen atoms in total. The minimum Gasteiger partial charge on any atom is -0.507 e. The number of hydrogen-bond donors (Lipinski definition) is 2. The highest BCUT2D eigenvalue weighted by Gasteiger charge is 2.35. The van der Waals surface area contributed by atoms with Crippen molar-refractivity contribution < 1.29 is 29.2 Å². The molecule has 23 heavy (non-hydrogen) atoms.